The molecule has 108 valence electrons. The van der Waals surface area contributed by atoms with E-state index in [2.05, 4.69) is 36.1 Å². The fraction of sp³-hybridized carbons (Fsp3) is 0.800. The largest absolute Gasteiger partial charge is 0.361 e. The van der Waals surface area contributed by atoms with Gasteiger partial charge in [-0.15, -0.1) is 0 Å². The third-order valence-electron chi connectivity index (χ3n) is 4.60. The number of aryl methyl sites for hydroxylation is 2. The lowest BCUT2D eigenvalue weighted by atomic mass is 9.95. The number of nitrogens with zero attached hydrogens (tertiary/aromatic N) is 2. The summed E-state index contributed by atoms with van der Waals surface area (Å²) in [7, 11) is 0. The molecule has 0 spiro atoms. The molecule has 0 bridgehead atoms. The normalized spacial score (nSPS) is 26.6. The summed E-state index contributed by atoms with van der Waals surface area (Å²) in [6.07, 6.45) is 1.23. The first-order chi connectivity index (χ1) is 9.02. The molecule has 3 atom stereocenters. The van der Waals surface area contributed by atoms with Crippen molar-refractivity contribution in [3.63, 3.8) is 0 Å². The van der Waals surface area contributed by atoms with Gasteiger partial charge < -0.3 is 9.84 Å². The molecule has 3 unspecified atom stereocenters. The van der Waals surface area contributed by atoms with E-state index in [1.54, 1.807) is 0 Å². The molecule has 4 nitrogen and oxygen atoms in total. The summed E-state index contributed by atoms with van der Waals surface area (Å²) < 4.78 is 5.28. The molecule has 1 aliphatic heterocycles. The van der Waals surface area contributed by atoms with Crippen LogP contribution < -0.4 is 5.32 Å². The van der Waals surface area contributed by atoms with Crippen LogP contribution in [-0.2, 0) is 6.54 Å². The molecule has 1 N–H and O–H groups in total. The highest BCUT2D eigenvalue weighted by atomic mass is 16.5. The smallest absolute Gasteiger partial charge is 0.138 e. The number of hydrogen-bond donors (Lipinski definition) is 1. The summed E-state index contributed by atoms with van der Waals surface area (Å²) >= 11 is 0. The van der Waals surface area contributed by atoms with Crippen LogP contribution in [0, 0.1) is 19.8 Å². The second kappa shape index (κ2) is 6.06. The number of rotatable bonds is 4. The molecule has 1 fully saturated rings. The van der Waals surface area contributed by atoms with Crippen LogP contribution in [0.15, 0.2) is 4.52 Å². The quantitative estimate of drug-likeness (QED) is 0.908. The zero-order valence-corrected chi connectivity index (χ0v) is 12.9. The molecule has 0 radical (unpaired) electrons. The van der Waals surface area contributed by atoms with Gasteiger partial charge in [0.05, 0.1) is 5.69 Å². The van der Waals surface area contributed by atoms with Crippen LogP contribution in [-0.4, -0.2) is 35.2 Å². The van der Waals surface area contributed by atoms with Gasteiger partial charge >= 0.3 is 0 Å². The van der Waals surface area contributed by atoms with E-state index in [-0.39, 0.29) is 0 Å². The lowest BCUT2D eigenvalue weighted by Gasteiger charge is -2.41. The van der Waals surface area contributed by atoms with Crippen molar-refractivity contribution in [3.05, 3.63) is 17.0 Å². The molecule has 4 heteroatoms. The summed E-state index contributed by atoms with van der Waals surface area (Å²) in [4.78, 5) is 2.56. The van der Waals surface area contributed by atoms with Crippen LogP contribution in [0.4, 0.5) is 0 Å². The fourth-order valence-electron chi connectivity index (χ4n) is 2.76. The van der Waals surface area contributed by atoms with E-state index >= 15 is 0 Å². The van der Waals surface area contributed by atoms with E-state index in [4.69, 9.17) is 4.52 Å². The molecule has 0 aliphatic carbocycles. The van der Waals surface area contributed by atoms with Crippen LogP contribution in [0.25, 0.3) is 0 Å². The molecule has 2 heterocycles. The Labute approximate surface area is 116 Å². The van der Waals surface area contributed by atoms with Crippen molar-refractivity contribution in [2.24, 2.45) is 5.92 Å². The van der Waals surface area contributed by atoms with E-state index in [1.165, 1.54) is 12.0 Å². The predicted molar refractivity (Wildman–Crippen MR) is 77.1 cm³/mol. The van der Waals surface area contributed by atoms with Gasteiger partial charge in [-0.05, 0) is 26.7 Å². The Bertz CT molecular complexity index is 396. The first-order valence-corrected chi connectivity index (χ1v) is 7.42. The zero-order chi connectivity index (χ0) is 14.0. The number of aromatic nitrogens is 1. The van der Waals surface area contributed by atoms with Crippen LogP contribution in [0.1, 0.15) is 44.2 Å². The molecule has 0 aromatic carbocycles. The highest BCUT2D eigenvalue weighted by molar-refractivity contribution is 5.20. The SMILES string of the molecule is CCC(C)C1CN(Cc2c(C)noc2C)C(C)CN1. The molecular weight excluding hydrogens is 238 g/mol. The van der Waals surface area contributed by atoms with Crippen LogP contribution in [0.3, 0.4) is 0 Å². The predicted octanol–water partition coefficient (Wildman–Crippen LogP) is 2.50. The first-order valence-electron chi connectivity index (χ1n) is 7.42. The van der Waals surface area contributed by atoms with Crippen molar-refractivity contribution in [1.29, 1.82) is 0 Å². The maximum atomic E-state index is 5.28. The van der Waals surface area contributed by atoms with E-state index in [0.717, 1.165) is 37.0 Å². The fourth-order valence-corrected chi connectivity index (χ4v) is 2.76. The minimum absolute atomic E-state index is 0.564. The van der Waals surface area contributed by atoms with E-state index in [1.807, 2.05) is 13.8 Å². The highest BCUT2D eigenvalue weighted by Gasteiger charge is 2.28. The van der Waals surface area contributed by atoms with Gasteiger partial charge in [0.1, 0.15) is 5.76 Å². The van der Waals surface area contributed by atoms with Crippen molar-refractivity contribution >= 4 is 0 Å². The standard InChI is InChI=1S/C15H27N3O/c1-6-10(2)15-9-18(11(3)7-16-15)8-14-12(4)17-19-13(14)5/h10-11,15-16H,6-9H2,1-5H3. The van der Waals surface area contributed by atoms with Gasteiger partial charge in [-0.1, -0.05) is 25.4 Å². The van der Waals surface area contributed by atoms with Gasteiger partial charge in [-0.3, -0.25) is 4.90 Å². The Morgan fingerprint density at radius 3 is 2.79 bits per heavy atom. The Balaban J connectivity index is 2.05. The highest BCUT2D eigenvalue weighted by Crippen LogP contribution is 2.20. The van der Waals surface area contributed by atoms with E-state index in [9.17, 15) is 0 Å². The molecule has 2 rings (SSSR count). The zero-order valence-electron chi connectivity index (χ0n) is 12.9. The van der Waals surface area contributed by atoms with Crippen molar-refractivity contribution in [2.45, 2.75) is 59.7 Å². The summed E-state index contributed by atoms with van der Waals surface area (Å²) in [6, 6.07) is 1.16. The molecule has 1 aromatic heterocycles. The molecule has 1 aromatic rings. The first kappa shape index (κ1) is 14.5. The van der Waals surface area contributed by atoms with E-state index in [0.29, 0.717) is 12.1 Å². The minimum Gasteiger partial charge on any atom is -0.361 e. The summed E-state index contributed by atoms with van der Waals surface area (Å²) in [5.41, 5.74) is 2.29. The maximum Gasteiger partial charge on any atom is 0.138 e. The van der Waals surface area contributed by atoms with Gasteiger partial charge in [0, 0.05) is 37.3 Å². The summed E-state index contributed by atoms with van der Waals surface area (Å²) in [5, 5.41) is 7.74. The third kappa shape index (κ3) is 3.18. The Kier molecular flexibility index (Phi) is 4.63. The summed E-state index contributed by atoms with van der Waals surface area (Å²) in [5.74, 6) is 1.68. The monoisotopic (exact) mass is 265 g/mol. The summed E-state index contributed by atoms with van der Waals surface area (Å²) in [6.45, 7) is 14.1. The number of hydrogen-bond acceptors (Lipinski definition) is 4. The number of piperazine rings is 1. The van der Waals surface area contributed by atoms with Gasteiger partial charge in [-0.25, -0.2) is 0 Å². The van der Waals surface area contributed by atoms with Gasteiger partial charge in [0.25, 0.3) is 0 Å². The Morgan fingerprint density at radius 2 is 2.21 bits per heavy atom. The van der Waals surface area contributed by atoms with Gasteiger partial charge in [0.2, 0.25) is 0 Å². The lowest BCUT2D eigenvalue weighted by Crippen LogP contribution is -2.57. The van der Waals surface area contributed by atoms with Crippen molar-refractivity contribution in [1.82, 2.24) is 15.4 Å². The lowest BCUT2D eigenvalue weighted by molar-refractivity contribution is 0.111. The Hall–Kier alpha value is -0.870. The van der Waals surface area contributed by atoms with Crippen LogP contribution in [0.2, 0.25) is 0 Å². The van der Waals surface area contributed by atoms with Crippen molar-refractivity contribution in [2.75, 3.05) is 13.1 Å². The van der Waals surface area contributed by atoms with Crippen molar-refractivity contribution in [3.8, 4) is 0 Å². The minimum atomic E-state index is 0.564. The second-order valence-corrected chi connectivity index (χ2v) is 5.98. The van der Waals surface area contributed by atoms with Gasteiger partial charge in [0.15, 0.2) is 0 Å². The molecule has 19 heavy (non-hydrogen) atoms. The molecule has 1 aliphatic rings. The van der Waals surface area contributed by atoms with E-state index < -0.39 is 0 Å². The topological polar surface area (TPSA) is 41.3 Å². The van der Waals surface area contributed by atoms with Crippen LogP contribution in [0.5, 0.6) is 0 Å². The second-order valence-electron chi connectivity index (χ2n) is 5.98. The van der Waals surface area contributed by atoms with Gasteiger partial charge in [-0.2, -0.15) is 0 Å². The van der Waals surface area contributed by atoms with Crippen molar-refractivity contribution < 1.29 is 4.52 Å². The molecule has 1 saturated heterocycles. The average Bonchev–Trinajstić information content (AvgIpc) is 2.72. The van der Waals surface area contributed by atoms with Crippen LogP contribution >= 0.6 is 0 Å². The molecule has 0 saturated carbocycles. The maximum absolute atomic E-state index is 5.28. The number of nitrogens with one attached hydrogen (secondary N) is 1. The molecule has 0 amide bonds. The molecular formula is C15H27N3O. The Morgan fingerprint density at radius 1 is 1.47 bits per heavy atom. The average molecular weight is 265 g/mol. The third-order valence-corrected chi connectivity index (χ3v) is 4.60.